The van der Waals surface area contributed by atoms with Crippen LogP contribution in [-0.2, 0) is 11.2 Å². The minimum absolute atomic E-state index is 0.0421. The fourth-order valence-electron chi connectivity index (χ4n) is 3.53. The molecule has 2 aromatic carbocycles. The number of carbonyl (C=O) groups is 1. The van der Waals surface area contributed by atoms with E-state index in [2.05, 4.69) is 4.98 Å². The zero-order valence-electron chi connectivity index (χ0n) is 15.5. The number of rotatable bonds is 5. The van der Waals surface area contributed by atoms with Crippen LogP contribution in [0, 0.1) is 10.1 Å². The van der Waals surface area contributed by atoms with Crippen LogP contribution in [0.4, 0.5) is 11.4 Å². The molecule has 0 amide bonds. The molecular weight excluding hydrogens is 429 g/mol. The van der Waals surface area contributed by atoms with Gasteiger partial charge in [-0.05, 0) is 41.8 Å². The maximum absolute atomic E-state index is 11.9. The molecular formula is C21H15Cl2N3O4. The zero-order chi connectivity index (χ0) is 21.3. The van der Waals surface area contributed by atoms with Crippen LogP contribution in [0.15, 0.2) is 54.9 Å². The van der Waals surface area contributed by atoms with Gasteiger partial charge >= 0.3 is 0 Å². The molecule has 4 rings (SSSR count). The minimum atomic E-state index is -0.575. The van der Waals surface area contributed by atoms with Crippen molar-refractivity contribution in [2.75, 3.05) is 11.4 Å². The standard InChI is InChI=1S/C21H15Cl2N3O4/c22-18-9-15(26(28)29)10-19(23)21(18)30-16-3-4-17-13(8-16)5-7-25(20(17)12-27)14-2-1-6-24-11-14/h1-4,6,8-12,20H,5,7H2. The molecule has 1 atom stereocenters. The normalized spacial score (nSPS) is 15.4. The summed E-state index contributed by atoms with van der Waals surface area (Å²) in [5, 5.41) is 11.0. The van der Waals surface area contributed by atoms with Crippen LogP contribution < -0.4 is 9.64 Å². The van der Waals surface area contributed by atoms with Crippen molar-refractivity contribution >= 4 is 40.9 Å². The van der Waals surface area contributed by atoms with E-state index in [4.69, 9.17) is 27.9 Å². The fourth-order valence-corrected chi connectivity index (χ4v) is 4.08. The number of aldehydes is 1. The molecule has 152 valence electrons. The molecule has 1 aromatic heterocycles. The Labute approximate surface area is 182 Å². The van der Waals surface area contributed by atoms with Crippen molar-refractivity contribution in [1.29, 1.82) is 0 Å². The average molecular weight is 444 g/mol. The predicted molar refractivity (Wildman–Crippen MR) is 114 cm³/mol. The number of halogens is 2. The van der Waals surface area contributed by atoms with E-state index in [1.807, 2.05) is 29.2 Å². The maximum atomic E-state index is 11.9. The van der Waals surface area contributed by atoms with Gasteiger partial charge in [0, 0.05) is 24.9 Å². The van der Waals surface area contributed by atoms with Gasteiger partial charge in [0.15, 0.2) is 5.75 Å². The summed E-state index contributed by atoms with van der Waals surface area (Å²) in [6.45, 7) is 0.643. The SMILES string of the molecule is O=CC1c2ccc(Oc3c(Cl)cc([N+](=O)[O-])cc3Cl)cc2CCN1c1cccnc1. The number of carbonyl (C=O) groups excluding carboxylic acids is 1. The van der Waals surface area contributed by atoms with E-state index in [1.54, 1.807) is 18.5 Å². The van der Waals surface area contributed by atoms with Crippen molar-refractivity contribution in [3.05, 3.63) is 86.1 Å². The van der Waals surface area contributed by atoms with E-state index < -0.39 is 11.0 Å². The summed E-state index contributed by atoms with van der Waals surface area (Å²) in [4.78, 5) is 28.4. The Kier molecular flexibility index (Phi) is 5.57. The van der Waals surface area contributed by atoms with Crippen molar-refractivity contribution in [2.45, 2.75) is 12.5 Å². The third-order valence-electron chi connectivity index (χ3n) is 4.91. The summed E-state index contributed by atoms with van der Waals surface area (Å²) in [6, 6.07) is 11.1. The molecule has 9 heteroatoms. The molecule has 0 aliphatic carbocycles. The number of fused-ring (bicyclic) bond motifs is 1. The Morgan fingerprint density at radius 3 is 2.60 bits per heavy atom. The monoisotopic (exact) mass is 443 g/mol. The van der Waals surface area contributed by atoms with Crippen LogP contribution in [0.5, 0.6) is 11.5 Å². The van der Waals surface area contributed by atoms with Crippen LogP contribution in [0.25, 0.3) is 0 Å². The molecule has 30 heavy (non-hydrogen) atoms. The first kappa shape index (κ1) is 20.1. The lowest BCUT2D eigenvalue weighted by Crippen LogP contribution is -2.36. The molecule has 0 N–H and O–H groups in total. The number of pyridine rings is 1. The number of anilines is 1. The van der Waals surface area contributed by atoms with Crippen molar-refractivity contribution < 1.29 is 14.5 Å². The number of hydrogen-bond acceptors (Lipinski definition) is 6. The summed E-state index contributed by atoms with van der Waals surface area (Å²) >= 11 is 12.3. The van der Waals surface area contributed by atoms with E-state index >= 15 is 0 Å². The van der Waals surface area contributed by atoms with Gasteiger partial charge in [-0.15, -0.1) is 0 Å². The summed E-state index contributed by atoms with van der Waals surface area (Å²) in [5.41, 5.74) is 2.52. The van der Waals surface area contributed by atoms with Gasteiger partial charge in [-0.1, -0.05) is 29.3 Å². The number of nitrogens with zero attached hydrogens (tertiary/aromatic N) is 3. The molecule has 0 fully saturated rings. The Hall–Kier alpha value is -3.16. The largest absolute Gasteiger partial charge is 0.454 e. The number of benzene rings is 2. The van der Waals surface area contributed by atoms with Crippen molar-refractivity contribution in [3.63, 3.8) is 0 Å². The summed E-state index contributed by atoms with van der Waals surface area (Å²) in [6.07, 6.45) is 5.04. The second kappa shape index (κ2) is 8.30. The molecule has 1 aliphatic rings. The highest BCUT2D eigenvalue weighted by Crippen LogP contribution is 2.41. The first-order valence-corrected chi connectivity index (χ1v) is 9.79. The second-order valence-electron chi connectivity index (χ2n) is 6.69. The highest BCUT2D eigenvalue weighted by Gasteiger charge is 2.28. The average Bonchev–Trinajstić information content (AvgIpc) is 2.75. The third kappa shape index (κ3) is 3.81. The van der Waals surface area contributed by atoms with Crippen molar-refractivity contribution in [2.24, 2.45) is 0 Å². The second-order valence-corrected chi connectivity index (χ2v) is 7.51. The highest BCUT2D eigenvalue weighted by molar-refractivity contribution is 6.37. The van der Waals surface area contributed by atoms with Crippen LogP contribution in [0.2, 0.25) is 10.0 Å². The zero-order valence-corrected chi connectivity index (χ0v) is 17.0. The summed E-state index contributed by atoms with van der Waals surface area (Å²) in [7, 11) is 0. The third-order valence-corrected chi connectivity index (χ3v) is 5.47. The molecule has 0 saturated carbocycles. The topological polar surface area (TPSA) is 85.6 Å². The first-order chi connectivity index (χ1) is 14.5. The van der Waals surface area contributed by atoms with Gasteiger partial charge in [0.1, 0.15) is 18.1 Å². The van der Waals surface area contributed by atoms with Gasteiger partial charge in [0.2, 0.25) is 0 Å². The lowest BCUT2D eigenvalue weighted by Gasteiger charge is -2.35. The highest BCUT2D eigenvalue weighted by atomic mass is 35.5. The van der Waals surface area contributed by atoms with Gasteiger partial charge in [-0.25, -0.2) is 0 Å². The number of nitro benzene ring substituents is 1. The number of aromatic nitrogens is 1. The maximum Gasteiger partial charge on any atom is 0.272 e. The summed E-state index contributed by atoms with van der Waals surface area (Å²) in [5.74, 6) is 0.620. The minimum Gasteiger partial charge on any atom is -0.454 e. The van der Waals surface area contributed by atoms with E-state index in [-0.39, 0.29) is 21.5 Å². The smallest absolute Gasteiger partial charge is 0.272 e. The summed E-state index contributed by atoms with van der Waals surface area (Å²) < 4.78 is 5.82. The molecule has 3 aromatic rings. The molecule has 0 spiro atoms. The molecule has 2 heterocycles. The quantitative estimate of drug-likeness (QED) is 0.298. The molecule has 0 bridgehead atoms. The van der Waals surface area contributed by atoms with E-state index in [0.717, 1.165) is 23.1 Å². The van der Waals surface area contributed by atoms with E-state index in [9.17, 15) is 14.9 Å². The Morgan fingerprint density at radius 2 is 1.97 bits per heavy atom. The van der Waals surface area contributed by atoms with Crippen LogP contribution in [0.3, 0.4) is 0 Å². The molecule has 1 unspecified atom stereocenters. The molecule has 1 aliphatic heterocycles. The van der Waals surface area contributed by atoms with Crippen molar-refractivity contribution in [1.82, 2.24) is 4.98 Å². The van der Waals surface area contributed by atoms with E-state index in [0.29, 0.717) is 18.7 Å². The number of nitro groups is 1. The number of ether oxygens (including phenoxy) is 1. The van der Waals surface area contributed by atoms with Gasteiger partial charge in [0.25, 0.3) is 5.69 Å². The van der Waals surface area contributed by atoms with Crippen LogP contribution in [0.1, 0.15) is 17.2 Å². The first-order valence-electron chi connectivity index (χ1n) is 9.04. The Balaban J connectivity index is 1.63. The van der Waals surface area contributed by atoms with Crippen LogP contribution >= 0.6 is 23.2 Å². The Bertz CT molecular complexity index is 1100. The number of non-ortho nitro benzene ring substituents is 1. The van der Waals surface area contributed by atoms with Crippen molar-refractivity contribution in [3.8, 4) is 11.5 Å². The van der Waals surface area contributed by atoms with Gasteiger partial charge in [-0.3, -0.25) is 15.1 Å². The van der Waals surface area contributed by atoms with E-state index in [1.165, 1.54) is 12.1 Å². The fraction of sp³-hybridized carbons (Fsp3) is 0.143. The lowest BCUT2D eigenvalue weighted by atomic mass is 9.92. The number of hydrogen-bond donors (Lipinski definition) is 0. The van der Waals surface area contributed by atoms with Gasteiger partial charge in [-0.2, -0.15) is 0 Å². The predicted octanol–water partition coefficient (Wildman–Crippen LogP) is 5.39. The lowest BCUT2D eigenvalue weighted by molar-refractivity contribution is -0.384. The molecule has 0 saturated heterocycles. The molecule has 7 nitrogen and oxygen atoms in total. The van der Waals surface area contributed by atoms with Crippen LogP contribution in [-0.4, -0.2) is 22.7 Å². The Morgan fingerprint density at radius 1 is 1.20 bits per heavy atom. The molecule has 0 radical (unpaired) electrons. The van der Waals surface area contributed by atoms with Gasteiger partial charge < -0.3 is 14.4 Å². The van der Waals surface area contributed by atoms with Gasteiger partial charge in [0.05, 0.1) is 26.9 Å².